The van der Waals surface area contributed by atoms with Crippen LogP contribution < -0.4 is 10.6 Å². The number of anilines is 2. The van der Waals surface area contributed by atoms with Crippen LogP contribution in [0.25, 0.3) is 0 Å². The number of urea groups is 1. The minimum absolute atomic E-state index is 0.324. The zero-order chi connectivity index (χ0) is 15.6. The van der Waals surface area contributed by atoms with Crippen LogP contribution in [0.15, 0.2) is 24.3 Å². The molecule has 5 heteroatoms. The molecule has 110 valence electrons. The van der Waals surface area contributed by atoms with Crippen molar-refractivity contribution in [3.63, 3.8) is 0 Å². The summed E-state index contributed by atoms with van der Waals surface area (Å²) in [6.07, 6.45) is 0. The fourth-order valence-corrected chi connectivity index (χ4v) is 2.12. The second-order valence-corrected chi connectivity index (χ2v) is 5.44. The lowest BCUT2D eigenvalue weighted by Gasteiger charge is -2.14. The molecule has 0 unspecified atom stereocenters. The van der Waals surface area contributed by atoms with Crippen LogP contribution in [0.2, 0.25) is 5.02 Å². The van der Waals surface area contributed by atoms with E-state index < -0.39 is 0 Å². The van der Waals surface area contributed by atoms with Gasteiger partial charge in [0.25, 0.3) is 0 Å². The number of hydrogen-bond acceptors (Lipinski definition) is 2. The average Bonchev–Trinajstić information content (AvgIpc) is 2.45. The van der Waals surface area contributed by atoms with E-state index in [1.165, 1.54) is 0 Å². The lowest BCUT2D eigenvalue weighted by atomic mass is 10.0. The summed E-state index contributed by atoms with van der Waals surface area (Å²) in [5, 5.41) is 6.17. The molecule has 1 heterocycles. The van der Waals surface area contributed by atoms with Crippen molar-refractivity contribution in [3.8, 4) is 0 Å². The second-order valence-electron chi connectivity index (χ2n) is 5.01. The maximum Gasteiger partial charge on any atom is 0.324 e. The molecule has 4 nitrogen and oxygen atoms in total. The Morgan fingerprint density at radius 2 is 1.57 bits per heavy atom. The number of carbonyl (C=O) groups excluding carboxylic acids is 1. The van der Waals surface area contributed by atoms with Gasteiger partial charge in [0.15, 0.2) is 0 Å². The fraction of sp³-hybridized carbons (Fsp3) is 0.250. The number of nitrogens with zero attached hydrogens (tertiary/aromatic N) is 1. The smallest absolute Gasteiger partial charge is 0.308 e. The van der Waals surface area contributed by atoms with Crippen LogP contribution in [0.3, 0.4) is 0 Å². The number of hydrogen-bond donors (Lipinski definition) is 2. The van der Waals surface area contributed by atoms with Gasteiger partial charge >= 0.3 is 6.03 Å². The Labute approximate surface area is 129 Å². The van der Waals surface area contributed by atoms with Gasteiger partial charge in [-0.25, -0.2) is 9.78 Å². The first-order chi connectivity index (χ1) is 9.88. The van der Waals surface area contributed by atoms with Crippen LogP contribution in [0.1, 0.15) is 22.4 Å². The van der Waals surface area contributed by atoms with Crippen molar-refractivity contribution in [3.05, 3.63) is 51.7 Å². The molecule has 2 N–H and O–H groups in total. The third kappa shape index (κ3) is 3.52. The summed E-state index contributed by atoms with van der Waals surface area (Å²) in [4.78, 5) is 16.5. The zero-order valence-electron chi connectivity index (χ0n) is 12.5. The number of aromatic nitrogens is 1. The van der Waals surface area contributed by atoms with E-state index in [4.69, 9.17) is 11.6 Å². The first-order valence-electron chi connectivity index (χ1n) is 6.66. The molecule has 1 aromatic carbocycles. The molecular weight excluding hydrogens is 286 g/mol. The molecule has 2 amide bonds. The number of nitrogens with one attached hydrogen (secondary N) is 2. The molecule has 0 atom stereocenters. The number of halogens is 1. The topological polar surface area (TPSA) is 54.0 Å². The van der Waals surface area contributed by atoms with Gasteiger partial charge in [-0.2, -0.15) is 0 Å². The quantitative estimate of drug-likeness (QED) is 0.851. The molecule has 0 aliphatic carbocycles. The summed E-state index contributed by atoms with van der Waals surface area (Å²) in [5.74, 6) is 0.585. The maximum atomic E-state index is 12.0. The van der Waals surface area contributed by atoms with Gasteiger partial charge in [-0.3, -0.25) is 5.32 Å². The molecule has 21 heavy (non-hydrogen) atoms. The van der Waals surface area contributed by atoms with E-state index in [9.17, 15) is 4.79 Å². The van der Waals surface area contributed by atoms with Crippen LogP contribution in [0.5, 0.6) is 0 Å². The largest absolute Gasteiger partial charge is 0.324 e. The van der Waals surface area contributed by atoms with E-state index in [0.29, 0.717) is 16.5 Å². The molecule has 2 aromatic rings. The average molecular weight is 304 g/mol. The highest BCUT2D eigenvalue weighted by Gasteiger charge is 2.11. The van der Waals surface area contributed by atoms with E-state index >= 15 is 0 Å². The summed E-state index contributed by atoms with van der Waals surface area (Å²) in [5.41, 5.74) is 4.86. The third-order valence-corrected chi connectivity index (χ3v) is 3.89. The van der Waals surface area contributed by atoms with Gasteiger partial charge in [-0.1, -0.05) is 11.6 Å². The van der Waals surface area contributed by atoms with Gasteiger partial charge < -0.3 is 5.32 Å². The molecule has 0 aliphatic rings. The molecule has 1 aromatic heterocycles. The van der Waals surface area contributed by atoms with Gasteiger partial charge in [-0.05, 0) is 68.7 Å². The van der Waals surface area contributed by atoms with Crippen molar-refractivity contribution < 1.29 is 4.79 Å². The zero-order valence-corrected chi connectivity index (χ0v) is 13.3. The van der Waals surface area contributed by atoms with Crippen LogP contribution in [-0.4, -0.2) is 11.0 Å². The molecule has 0 fully saturated rings. The molecule has 0 bridgehead atoms. The minimum atomic E-state index is -0.324. The predicted molar refractivity (Wildman–Crippen MR) is 87.3 cm³/mol. The fourth-order valence-electron chi connectivity index (χ4n) is 1.99. The standard InChI is InChI=1S/C16H18ClN3O/c1-9-10(2)12(4)18-15(11(9)3)20-16(21)19-14-7-5-13(17)6-8-14/h5-8H,1-4H3,(H2,18,19,20,21). The summed E-state index contributed by atoms with van der Waals surface area (Å²) >= 11 is 5.81. The molecule has 0 saturated heterocycles. The number of amides is 2. The molecule has 0 radical (unpaired) electrons. The Bertz CT molecular complexity index is 681. The van der Waals surface area contributed by atoms with Crippen LogP contribution in [-0.2, 0) is 0 Å². The molecule has 0 saturated carbocycles. The number of aryl methyl sites for hydroxylation is 1. The van der Waals surface area contributed by atoms with E-state index in [-0.39, 0.29) is 6.03 Å². The van der Waals surface area contributed by atoms with Crippen molar-refractivity contribution >= 4 is 29.1 Å². The van der Waals surface area contributed by atoms with E-state index in [1.807, 2.05) is 27.7 Å². The SMILES string of the molecule is Cc1nc(NC(=O)Nc2ccc(Cl)cc2)c(C)c(C)c1C. The number of pyridine rings is 1. The van der Waals surface area contributed by atoms with E-state index in [2.05, 4.69) is 15.6 Å². The van der Waals surface area contributed by atoms with Gasteiger partial charge in [-0.15, -0.1) is 0 Å². The lowest BCUT2D eigenvalue weighted by molar-refractivity contribution is 0.262. The Morgan fingerprint density at radius 1 is 0.952 bits per heavy atom. The summed E-state index contributed by atoms with van der Waals surface area (Å²) in [7, 11) is 0. The van der Waals surface area contributed by atoms with Crippen LogP contribution in [0.4, 0.5) is 16.3 Å². The molecule has 0 spiro atoms. The lowest BCUT2D eigenvalue weighted by Crippen LogP contribution is -2.21. The Hall–Kier alpha value is -2.07. The molecule has 0 aliphatic heterocycles. The van der Waals surface area contributed by atoms with Crippen molar-refractivity contribution in [1.82, 2.24) is 4.98 Å². The third-order valence-electron chi connectivity index (χ3n) is 3.64. The predicted octanol–water partition coefficient (Wildman–Crippen LogP) is 4.61. The van der Waals surface area contributed by atoms with Gasteiger partial charge in [0.05, 0.1) is 0 Å². The van der Waals surface area contributed by atoms with E-state index in [0.717, 1.165) is 22.4 Å². The maximum absolute atomic E-state index is 12.0. The highest BCUT2D eigenvalue weighted by Crippen LogP contribution is 2.22. The Balaban J connectivity index is 2.15. The summed E-state index contributed by atoms with van der Waals surface area (Å²) in [6.45, 7) is 7.95. The summed E-state index contributed by atoms with van der Waals surface area (Å²) in [6, 6.07) is 6.61. The number of benzene rings is 1. The molecular formula is C16H18ClN3O. The molecule has 2 rings (SSSR count). The van der Waals surface area contributed by atoms with Gasteiger partial charge in [0.1, 0.15) is 5.82 Å². The number of rotatable bonds is 2. The van der Waals surface area contributed by atoms with Crippen molar-refractivity contribution in [2.45, 2.75) is 27.7 Å². The Morgan fingerprint density at radius 3 is 2.19 bits per heavy atom. The number of carbonyl (C=O) groups is 1. The van der Waals surface area contributed by atoms with Crippen LogP contribution >= 0.6 is 11.6 Å². The van der Waals surface area contributed by atoms with E-state index in [1.54, 1.807) is 24.3 Å². The van der Waals surface area contributed by atoms with Crippen molar-refractivity contribution in [1.29, 1.82) is 0 Å². The van der Waals surface area contributed by atoms with Gasteiger partial charge in [0.2, 0.25) is 0 Å². The van der Waals surface area contributed by atoms with Crippen molar-refractivity contribution in [2.75, 3.05) is 10.6 Å². The highest BCUT2D eigenvalue weighted by atomic mass is 35.5. The normalized spacial score (nSPS) is 10.3. The first-order valence-corrected chi connectivity index (χ1v) is 7.04. The summed E-state index contributed by atoms with van der Waals surface area (Å²) < 4.78 is 0. The first kappa shape index (κ1) is 15.3. The van der Waals surface area contributed by atoms with Crippen molar-refractivity contribution in [2.24, 2.45) is 0 Å². The second kappa shape index (κ2) is 6.14. The monoisotopic (exact) mass is 303 g/mol. The van der Waals surface area contributed by atoms with Gasteiger partial charge in [0, 0.05) is 16.4 Å². The highest BCUT2D eigenvalue weighted by molar-refractivity contribution is 6.30. The Kier molecular flexibility index (Phi) is 4.48. The minimum Gasteiger partial charge on any atom is -0.308 e. The van der Waals surface area contributed by atoms with Crippen LogP contribution in [0, 0.1) is 27.7 Å².